The summed E-state index contributed by atoms with van der Waals surface area (Å²) in [4.78, 5) is 12.6. The Morgan fingerprint density at radius 1 is 1.48 bits per heavy atom. The summed E-state index contributed by atoms with van der Waals surface area (Å²) < 4.78 is 6.11. The van der Waals surface area contributed by atoms with E-state index in [0.29, 0.717) is 6.54 Å². The van der Waals surface area contributed by atoms with E-state index in [0.717, 1.165) is 41.5 Å². The van der Waals surface area contributed by atoms with Gasteiger partial charge in [0.05, 0.1) is 23.0 Å². The molecule has 0 aliphatic heterocycles. The lowest BCUT2D eigenvalue weighted by atomic mass is 9.85. The number of carbonyl (C=O) groups is 1. The molecule has 1 aliphatic rings. The summed E-state index contributed by atoms with van der Waals surface area (Å²) in [6.07, 6.45) is 3.98. The van der Waals surface area contributed by atoms with Crippen LogP contribution >= 0.6 is 15.9 Å². The number of nitrogens with one attached hydrogen (secondary N) is 1. The summed E-state index contributed by atoms with van der Waals surface area (Å²) in [6.45, 7) is 2.42. The Kier molecular flexibility index (Phi) is 5.27. The molecule has 21 heavy (non-hydrogen) atoms. The number of halogens is 1. The van der Waals surface area contributed by atoms with Crippen LogP contribution in [0.4, 0.5) is 0 Å². The number of ether oxygens (including phenoxy) is 1. The maximum absolute atomic E-state index is 12.6. The van der Waals surface area contributed by atoms with Gasteiger partial charge in [-0.15, -0.1) is 0 Å². The fourth-order valence-corrected chi connectivity index (χ4v) is 3.52. The molecule has 1 saturated carbocycles. The van der Waals surface area contributed by atoms with Crippen molar-refractivity contribution in [3.05, 3.63) is 28.2 Å². The Morgan fingerprint density at radius 2 is 2.14 bits per heavy atom. The van der Waals surface area contributed by atoms with Gasteiger partial charge in [-0.1, -0.05) is 18.9 Å². The molecule has 1 unspecified atom stereocenters. The quantitative estimate of drug-likeness (QED) is 0.853. The molecule has 4 nitrogen and oxygen atoms in total. The largest absolute Gasteiger partial charge is 0.496 e. The maximum Gasteiger partial charge on any atom is 0.227 e. The first kappa shape index (κ1) is 16.3. The van der Waals surface area contributed by atoms with Crippen molar-refractivity contribution in [1.29, 1.82) is 0 Å². The van der Waals surface area contributed by atoms with Crippen molar-refractivity contribution in [3.8, 4) is 5.75 Å². The first-order valence-electron chi connectivity index (χ1n) is 7.37. The molecule has 1 fully saturated rings. The van der Waals surface area contributed by atoms with Crippen LogP contribution in [0.3, 0.4) is 0 Å². The van der Waals surface area contributed by atoms with Gasteiger partial charge in [0.25, 0.3) is 0 Å². The van der Waals surface area contributed by atoms with Gasteiger partial charge < -0.3 is 15.8 Å². The van der Waals surface area contributed by atoms with Crippen LogP contribution in [0.1, 0.15) is 44.2 Å². The van der Waals surface area contributed by atoms with Gasteiger partial charge in [-0.25, -0.2) is 0 Å². The first-order valence-corrected chi connectivity index (χ1v) is 8.16. The van der Waals surface area contributed by atoms with Crippen LogP contribution in [-0.4, -0.2) is 19.6 Å². The molecule has 3 N–H and O–H groups in total. The monoisotopic (exact) mass is 354 g/mol. The molecule has 0 radical (unpaired) electrons. The normalized spacial score (nSPS) is 18.3. The number of benzene rings is 1. The van der Waals surface area contributed by atoms with Crippen LogP contribution in [0.15, 0.2) is 22.7 Å². The van der Waals surface area contributed by atoms with E-state index in [4.69, 9.17) is 10.5 Å². The average molecular weight is 355 g/mol. The average Bonchev–Trinajstić information content (AvgIpc) is 2.97. The Balaban J connectivity index is 2.08. The molecular formula is C16H23BrN2O2. The highest BCUT2D eigenvalue weighted by atomic mass is 79.9. The molecule has 2 rings (SSSR count). The standard InChI is InChI=1S/C16H23BrN2O2/c1-11(12-5-6-14(21-2)13(17)9-12)19-15(20)16(10-18)7-3-4-8-16/h5-6,9,11H,3-4,7-8,10,18H2,1-2H3,(H,19,20). The van der Waals surface area contributed by atoms with Crippen LogP contribution < -0.4 is 15.8 Å². The van der Waals surface area contributed by atoms with E-state index in [1.54, 1.807) is 7.11 Å². The zero-order chi connectivity index (χ0) is 15.5. The highest BCUT2D eigenvalue weighted by Gasteiger charge is 2.40. The molecule has 116 valence electrons. The maximum atomic E-state index is 12.6. The highest BCUT2D eigenvalue weighted by Crippen LogP contribution is 2.38. The Bertz CT molecular complexity index is 513. The SMILES string of the molecule is COc1ccc(C(C)NC(=O)C2(CN)CCCC2)cc1Br. The smallest absolute Gasteiger partial charge is 0.227 e. The van der Waals surface area contributed by atoms with Crippen molar-refractivity contribution in [1.82, 2.24) is 5.32 Å². The summed E-state index contributed by atoms with van der Waals surface area (Å²) in [5.74, 6) is 0.869. The summed E-state index contributed by atoms with van der Waals surface area (Å²) >= 11 is 3.47. The summed E-state index contributed by atoms with van der Waals surface area (Å²) in [7, 11) is 1.63. The molecule has 0 saturated heterocycles. The molecule has 0 spiro atoms. The predicted molar refractivity (Wildman–Crippen MR) is 87.2 cm³/mol. The number of nitrogens with two attached hydrogens (primary N) is 1. The minimum Gasteiger partial charge on any atom is -0.496 e. The minimum absolute atomic E-state index is 0.0521. The second-order valence-corrected chi connectivity index (χ2v) is 6.64. The van der Waals surface area contributed by atoms with E-state index >= 15 is 0 Å². The zero-order valence-electron chi connectivity index (χ0n) is 12.6. The van der Waals surface area contributed by atoms with E-state index < -0.39 is 0 Å². The fourth-order valence-electron chi connectivity index (χ4n) is 2.96. The first-order chi connectivity index (χ1) is 10.0. The van der Waals surface area contributed by atoms with Gasteiger partial charge in [-0.05, 0) is 53.4 Å². The van der Waals surface area contributed by atoms with Crippen molar-refractivity contribution in [2.75, 3.05) is 13.7 Å². The minimum atomic E-state index is -0.363. The Morgan fingerprint density at radius 3 is 2.67 bits per heavy atom. The topological polar surface area (TPSA) is 64.3 Å². The lowest BCUT2D eigenvalue weighted by molar-refractivity contribution is -0.131. The van der Waals surface area contributed by atoms with Gasteiger partial charge in [-0.3, -0.25) is 4.79 Å². The Hall–Kier alpha value is -1.07. The van der Waals surface area contributed by atoms with Crippen LogP contribution in [0.2, 0.25) is 0 Å². The molecule has 1 amide bonds. The third-order valence-corrected chi connectivity index (χ3v) is 5.08. The van der Waals surface area contributed by atoms with E-state index in [-0.39, 0.29) is 17.4 Å². The second kappa shape index (κ2) is 6.79. The second-order valence-electron chi connectivity index (χ2n) is 5.78. The van der Waals surface area contributed by atoms with E-state index in [9.17, 15) is 4.79 Å². The molecule has 1 atom stereocenters. The van der Waals surface area contributed by atoms with Crippen molar-refractivity contribution in [3.63, 3.8) is 0 Å². The Labute approximate surface area is 134 Å². The van der Waals surface area contributed by atoms with E-state index in [1.165, 1.54) is 0 Å². The number of rotatable bonds is 5. The number of hydrogen-bond donors (Lipinski definition) is 2. The lowest BCUT2D eigenvalue weighted by Crippen LogP contribution is -2.44. The molecule has 0 heterocycles. The summed E-state index contributed by atoms with van der Waals surface area (Å²) in [5.41, 5.74) is 6.54. The van der Waals surface area contributed by atoms with Gasteiger partial charge in [0.1, 0.15) is 5.75 Å². The molecule has 1 aliphatic carbocycles. The molecular weight excluding hydrogens is 332 g/mol. The van der Waals surface area contributed by atoms with Crippen molar-refractivity contribution in [2.45, 2.75) is 38.6 Å². The third kappa shape index (κ3) is 3.40. The van der Waals surface area contributed by atoms with Gasteiger partial charge in [0, 0.05) is 6.54 Å². The zero-order valence-corrected chi connectivity index (χ0v) is 14.2. The van der Waals surface area contributed by atoms with Crippen LogP contribution in [0.25, 0.3) is 0 Å². The number of carbonyl (C=O) groups excluding carboxylic acids is 1. The molecule has 1 aromatic carbocycles. The third-order valence-electron chi connectivity index (χ3n) is 4.46. The van der Waals surface area contributed by atoms with Gasteiger partial charge in [-0.2, -0.15) is 0 Å². The van der Waals surface area contributed by atoms with Gasteiger partial charge >= 0.3 is 0 Å². The fraction of sp³-hybridized carbons (Fsp3) is 0.562. The van der Waals surface area contributed by atoms with Crippen LogP contribution in [-0.2, 0) is 4.79 Å². The van der Waals surface area contributed by atoms with Crippen molar-refractivity contribution >= 4 is 21.8 Å². The van der Waals surface area contributed by atoms with Crippen LogP contribution in [0.5, 0.6) is 5.75 Å². The number of amides is 1. The van der Waals surface area contributed by atoms with Crippen molar-refractivity contribution in [2.24, 2.45) is 11.1 Å². The molecule has 5 heteroatoms. The van der Waals surface area contributed by atoms with Crippen molar-refractivity contribution < 1.29 is 9.53 Å². The van der Waals surface area contributed by atoms with Gasteiger partial charge in [0.2, 0.25) is 5.91 Å². The number of methoxy groups -OCH3 is 1. The molecule has 0 aromatic heterocycles. The van der Waals surface area contributed by atoms with Crippen LogP contribution in [0, 0.1) is 5.41 Å². The molecule has 0 bridgehead atoms. The summed E-state index contributed by atoms with van der Waals surface area (Å²) in [5, 5.41) is 3.11. The predicted octanol–water partition coefficient (Wildman–Crippen LogP) is 3.15. The number of hydrogen-bond acceptors (Lipinski definition) is 3. The van der Waals surface area contributed by atoms with Gasteiger partial charge in [0.15, 0.2) is 0 Å². The highest BCUT2D eigenvalue weighted by molar-refractivity contribution is 9.10. The van der Waals surface area contributed by atoms with E-state index in [2.05, 4.69) is 21.2 Å². The summed E-state index contributed by atoms with van der Waals surface area (Å²) in [6, 6.07) is 5.80. The lowest BCUT2D eigenvalue weighted by Gasteiger charge is -2.28. The molecule has 1 aromatic rings. The van der Waals surface area contributed by atoms with E-state index in [1.807, 2.05) is 25.1 Å².